The predicted octanol–water partition coefficient (Wildman–Crippen LogP) is 4.18. The zero-order valence-corrected chi connectivity index (χ0v) is 13.9. The van der Waals surface area contributed by atoms with Crippen LogP contribution in [0.5, 0.6) is 0 Å². The average Bonchev–Trinajstić information content (AvgIpc) is 2.47. The fourth-order valence-electron chi connectivity index (χ4n) is 3.98. The third kappa shape index (κ3) is 3.99. The molecule has 118 valence electrons. The number of nitrogens with one attached hydrogen (secondary N) is 1. The Labute approximate surface area is 129 Å². The first kappa shape index (κ1) is 16.3. The average molecular weight is 290 g/mol. The standard InChI is InChI=1S/C18H30N2O/c1-17(2,3)15-9-7-14(8-10-15)16(21)20-18(13-19)11-5-4-6-12-18/h14-15H,4-12H2,1-3H3,(H,20,21). The fourth-order valence-corrected chi connectivity index (χ4v) is 3.98. The first-order valence-electron chi connectivity index (χ1n) is 8.60. The molecule has 1 N–H and O–H groups in total. The molecule has 0 aromatic carbocycles. The molecule has 2 aliphatic rings. The number of amides is 1. The van der Waals surface area contributed by atoms with E-state index in [0.717, 1.165) is 57.3 Å². The Balaban J connectivity index is 1.89. The lowest BCUT2D eigenvalue weighted by Gasteiger charge is -2.38. The first-order valence-corrected chi connectivity index (χ1v) is 8.60. The van der Waals surface area contributed by atoms with Gasteiger partial charge in [0.05, 0.1) is 6.07 Å². The van der Waals surface area contributed by atoms with Gasteiger partial charge in [-0.15, -0.1) is 0 Å². The van der Waals surface area contributed by atoms with E-state index in [9.17, 15) is 10.1 Å². The molecule has 0 heterocycles. The molecule has 0 saturated heterocycles. The maximum Gasteiger partial charge on any atom is 0.224 e. The van der Waals surface area contributed by atoms with E-state index in [-0.39, 0.29) is 11.8 Å². The van der Waals surface area contributed by atoms with Gasteiger partial charge >= 0.3 is 0 Å². The second-order valence-corrected chi connectivity index (χ2v) is 8.16. The van der Waals surface area contributed by atoms with E-state index in [2.05, 4.69) is 32.2 Å². The summed E-state index contributed by atoms with van der Waals surface area (Å²) in [5, 5.41) is 12.6. The SMILES string of the molecule is CC(C)(C)C1CCC(C(=O)NC2(C#N)CCCCC2)CC1. The number of hydrogen-bond donors (Lipinski definition) is 1. The van der Waals surface area contributed by atoms with Gasteiger partial charge in [-0.2, -0.15) is 5.26 Å². The molecule has 2 saturated carbocycles. The monoisotopic (exact) mass is 290 g/mol. The number of nitrogens with zero attached hydrogens (tertiary/aromatic N) is 1. The van der Waals surface area contributed by atoms with Gasteiger partial charge in [0, 0.05) is 5.92 Å². The Morgan fingerprint density at radius 3 is 2.14 bits per heavy atom. The number of carbonyl (C=O) groups is 1. The molecule has 0 aliphatic heterocycles. The molecule has 0 aromatic rings. The van der Waals surface area contributed by atoms with E-state index in [1.807, 2.05) is 0 Å². The van der Waals surface area contributed by atoms with E-state index in [0.29, 0.717) is 5.41 Å². The number of carbonyl (C=O) groups excluding carboxylic acids is 1. The summed E-state index contributed by atoms with van der Waals surface area (Å²) in [5.41, 5.74) is -0.227. The van der Waals surface area contributed by atoms with Crippen LogP contribution < -0.4 is 5.32 Å². The number of nitriles is 1. The molecule has 1 amide bonds. The highest BCUT2D eigenvalue weighted by atomic mass is 16.2. The zero-order valence-electron chi connectivity index (χ0n) is 13.9. The number of hydrogen-bond acceptors (Lipinski definition) is 2. The molecule has 2 fully saturated rings. The summed E-state index contributed by atoms with van der Waals surface area (Å²) in [4.78, 5) is 12.5. The van der Waals surface area contributed by atoms with Crippen molar-refractivity contribution in [3.8, 4) is 6.07 Å². The minimum atomic E-state index is -0.573. The van der Waals surface area contributed by atoms with Crippen LogP contribution in [-0.2, 0) is 4.79 Å². The van der Waals surface area contributed by atoms with E-state index in [1.165, 1.54) is 6.42 Å². The topological polar surface area (TPSA) is 52.9 Å². The molecule has 2 aliphatic carbocycles. The van der Waals surface area contributed by atoms with E-state index >= 15 is 0 Å². The van der Waals surface area contributed by atoms with Crippen molar-refractivity contribution in [3.63, 3.8) is 0 Å². The van der Waals surface area contributed by atoms with Crippen molar-refractivity contribution in [1.29, 1.82) is 5.26 Å². The van der Waals surface area contributed by atoms with Crippen molar-refractivity contribution in [1.82, 2.24) is 5.32 Å². The lowest BCUT2D eigenvalue weighted by Crippen LogP contribution is -2.51. The molecule has 0 unspecified atom stereocenters. The molecule has 2 rings (SSSR count). The van der Waals surface area contributed by atoms with Crippen molar-refractivity contribution in [2.45, 2.75) is 84.1 Å². The normalized spacial score (nSPS) is 29.4. The van der Waals surface area contributed by atoms with Gasteiger partial charge in [-0.05, 0) is 49.9 Å². The van der Waals surface area contributed by atoms with Crippen LogP contribution in [0.15, 0.2) is 0 Å². The molecule has 0 atom stereocenters. The summed E-state index contributed by atoms with van der Waals surface area (Å²) >= 11 is 0. The predicted molar refractivity (Wildman–Crippen MR) is 84.5 cm³/mol. The van der Waals surface area contributed by atoms with Crippen molar-refractivity contribution in [3.05, 3.63) is 0 Å². The second kappa shape index (κ2) is 6.38. The van der Waals surface area contributed by atoms with Gasteiger partial charge in [0.1, 0.15) is 5.54 Å². The van der Waals surface area contributed by atoms with Crippen LogP contribution in [0.4, 0.5) is 0 Å². The summed E-state index contributed by atoms with van der Waals surface area (Å²) in [5.74, 6) is 0.975. The summed E-state index contributed by atoms with van der Waals surface area (Å²) in [7, 11) is 0. The van der Waals surface area contributed by atoms with E-state index in [4.69, 9.17) is 0 Å². The van der Waals surface area contributed by atoms with Crippen molar-refractivity contribution in [2.75, 3.05) is 0 Å². The lowest BCUT2D eigenvalue weighted by atomic mass is 9.69. The fraction of sp³-hybridized carbons (Fsp3) is 0.889. The van der Waals surface area contributed by atoms with Crippen LogP contribution in [0.3, 0.4) is 0 Å². The van der Waals surface area contributed by atoms with Crippen LogP contribution in [-0.4, -0.2) is 11.4 Å². The summed E-state index contributed by atoms with van der Waals surface area (Å²) in [6.07, 6.45) is 9.21. The molecule has 21 heavy (non-hydrogen) atoms. The van der Waals surface area contributed by atoms with Crippen LogP contribution in [0.2, 0.25) is 0 Å². The quantitative estimate of drug-likeness (QED) is 0.829. The van der Waals surface area contributed by atoms with Crippen LogP contribution in [0.1, 0.15) is 78.6 Å². The Bertz CT molecular complexity index is 402. The van der Waals surface area contributed by atoms with Gasteiger partial charge in [-0.1, -0.05) is 40.0 Å². The highest BCUT2D eigenvalue weighted by Gasteiger charge is 2.37. The van der Waals surface area contributed by atoms with E-state index in [1.54, 1.807) is 0 Å². The first-order chi connectivity index (χ1) is 9.86. The third-order valence-electron chi connectivity index (χ3n) is 5.61. The van der Waals surface area contributed by atoms with Crippen molar-refractivity contribution < 1.29 is 4.79 Å². The molecule has 3 heteroatoms. The summed E-state index contributed by atoms with van der Waals surface area (Å²) in [6.45, 7) is 6.89. The van der Waals surface area contributed by atoms with Crippen molar-refractivity contribution in [2.24, 2.45) is 17.3 Å². The zero-order chi connectivity index (χ0) is 15.5. The summed E-state index contributed by atoms with van der Waals surface area (Å²) < 4.78 is 0. The third-order valence-corrected chi connectivity index (χ3v) is 5.61. The van der Waals surface area contributed by atoms with Crippen LogP contribution in [0, 0.1) is 28.6 Å². The van der Waals surface area contributed by atoms with E-state index < -0.39 is 5.54 Å². The van der Waals surface area contributed by atoms with Gasteiger partial charge in [-0.25, -0.2) is 0 Å². The molecule has 0 bridgehead atoms. The highest BCUT2D eigenvalue weighted by molar-refractivity contribution is 5.80. The van der Waals surface area contributed by atoms with Gasteiger partial charge < -0.3 is 5.32 Å². The molecule has 0 spiro atoms. The smallest absolute Gasteiger partial charge is 0.224 e. The Morgan fingerprint density at radius 2 is 1.67 bits per heavy atom. The van der Waals surface area contributed by atoms with Gasteiger partial charge in [0.2, 0.25) is 5.91 Å². The Kier molecular flexibility index (Phi) is 4.96. The Morgan fingerprint density at radius 1 is 1.10 bits per heavy atom. The molecular formula is C18H30N2O. The van der Waals surface area contributed by atoms with Crippen molar-refractivity contribution >= 4 is 5.91 Å². The summed E-state index contributed by atoms with van der Waals surface area (Å²) in [6, 6.07) is 2.39. The maximum atomic E-state index is 12.5. The number of rotatable bonds is 2. The van der Waals surface area contributed by atoms with Crippen LogP contribution >= 0.6 is 0 Å². The van der Waals surface area contributed by atoms with Gasteiger partial charge in [0.25, 0.3) is 0 Å². The molecule has 0 radical (unpaired) electrons. The molecular weight excluding hydrogens is 260 g/mol. The minimum absolute atomic E-state index is 0.121. The second-order valence-electron chi connectivity index (χ2n) is 8.16. The largest absolute Gasteiger partial charge is 0.338 e. The highest BCUT2D eigenvalue weighted by Crippen LogP contribution is 2.40. The lowest BCUT2D eigenvalue weighted by molar-refractivity contribution is -0.128. The molecule has 0 aromatic heterocycles. The Hall–Kier alpha value is -1.04. The minimum Gasteiger partial charge on any atom is -0.338 e. The van der Waals surface area contributed by atoms with Gasteiger partial charge in [0.15, 0.2) is 0 Å². The molecule has 3 nitrogen and oxygen atoms in total. The van der Waals surface area contributed by atoms with Crippen LogP contribution in [0.25, 0.3) is 0 Å². The maximum absolute atomic E-state index is 12.5. The van der Waals surface area contributed by atoms with Gasteiger partial charge in [-0.3, -0.25) is 4.79 Å².